The van der Waals surface area contributed by atoms with Crippen LogP contribution in [0.1, 0.15) is 43.9 Å². The zero-order chi connectivity index (χ0) is 20.9. The average molecular weight is 418 g/mol. The highest BCUT2D eigenvalue weighted by molar-refractivity contribution is 7.89. The summed E-state index contributed by atoms with van der Waals surface area (Å²) in [7, 11) is -3.55. The highest BCUT2D eigenvalue weighted by Gasteiger charge is 2.29. The second-order valence-corrected chi connectivity index (χ2v) is 9.07. The topological polar surface area (TPSA) is 105 Å². The summed E-state index contributed by atoms with van der Waals surface area (Å²) in [6.07, 6.45) is 4.12. The number of rotatable bonds is 7. The monoisotopic (exact) mass is 417 g/mol. The molecule has 0 unspecified atom stereocenters. The standard InChI is InChI=1S/C21H27N3O4S/c1-2-3-5-16-8-10-18(11-9-16)29(26,27)24-14-12-17(13-15-24)21(28-22)19-6-4-7-20(25)23-19/h4,6-11H,2-3,5,12-15,22H2,1H3,(H,23,25). The van der Waals surface area contributed by atoms with E-state index in [1.165, 1.54) is 10.4 Å². The van der Waals surface area contributed by atoms with Gasteiger partial charge in [-0.3, -0.25) is 4.79 Å². The van der Waals surface area contributed by atoms with Gasteiger partial charge < -0.3 is 9.82 Å². The first-order valence-corrected chi connectivity index (χ1v) is 11.3. The number of benzene rings is 1. The first kappa shape index (κ1) is 21.3. The van der Waals surface area contributed by atoms with Gasteiger partial charge in [0.15, 0.2) is 5.76 Å². The lowest BCUT2D eigenvalue weighted by Crippen LogP contribution is -2.36. The maximum atomic E-state index is 13.0. The minimum atomic E-state index is -3.55. The molecule has 29 heavy (non-hydrogen) atoms. The van der Waals surface area contributed by atoms with E-state index in [4.69, 9.17) is 10.7 Å². The predicted octanol–water partition coefficient (Wildman–Crippen LogP) is 2.80. The van der Waals surface area contributed by atoms with Crippen LogP contribution < -0.4 is 11.5 Å². The van der Waals surface area contributed by atoms with E-state index in [1.807, 2.05) is 12.1 Å². The second-order valence-electron chi connectivity index (χ2n) is 7.13. The Morgan fingerprint density at radius 2 is 1.83 bits per heavy atom. The molecular formula is C21H27N3O4S. The number of H-pyrrole nitrogens is 1. The summed E-state index contributed by atoms with van der Waals surface area (Å²) >= 11 is 0. The third-order valence-corrected chi connectivity index (χ3v) is 7.07. The Balaban J connectivity index is 1.74. The zero-order valence-corrected chi connectivity index (χ0v) is 17.4. The van der Waals surface area contributed by atoms with E-state index >= 15 is 0 Å². The number of pyridine rings is 1. The molecule has 0 bridgehead atoms. The fraction of sp³-hybridized carbons (Fsp3) is 0.381. The van der Waals surface area contributed by atoms with Gasteiger partial charge >= 0.3 is 0 Å². The van der Waals surface area contributed by atoms with Crippen LogP contribution in [0.4, 0.5) is 0 Å². The van der Waals surface area contributed by atoms with Gasteiger partial charge in [-0.15, -0.1) is 0 Å². The van der Waals surface area contributed by atoms with Crippen molar-refractivity contribution in [3.8, 4) is 0 Å². The summed E-state index contributed by atoms with van der Waals surface area (Å²) in [6, 6.07) is 11.9. The van der Waals surface area contributed by atoms with E-state index in [-0.39, 0.29) is 5.56 Å². The maximum Gasteiger partial charge on any atom is 0.248 e. The molecule has 2 heterocycles. The van der Waals surface area contributed by atoms with Crippen molar-refractivity contribution >= 4 is 15.8 Å². The fourth-order valence-corrected chi connectivity index (χ4v) is 4.94. The first-order valence-electron chi connectivity index (χ1n) is 9.83. The molecule has 3 N–H and O–H groups in total. The van der Waals surface area contributed by atoms with Crippen LogP contribution in [0.3, 0.4) is 0 Å². The normalized spacial score (nSPS) is 15.3. The largest absolute Gasteiger partial charge is 0.409 e. The van der Waals surface area contributed by atoms with Gasteiger partial charge in [0, 0.05) is 19.2 Å². The maximum absolute atomic E-state index is 13.0. The van der Waals surface area contributed by atoms with Crippen molar-refractivity contribution in [2.45, 2.75) is 43.9 Å². The molecule has 1 aliphatic heterocycles. The minimum Gasteiger partial charge on any atom is -0.409 e. The molecule has 0 amide bonds. The van der Waals surface area contributed by atoms with Crippen LogP contribution in [-0.4, -0.2) is 30.8 Å². The molecule has 1 fully saturated rings. The smallest absolute Gasteiger partial charge is 0.248 e. The minimum absolute atomic E-state index is 0.250. The summed E-state index contributed by atoms with van der Waals surface area (Å²) in [5, 5.41) is 0. The molecule has 2 aromatic rings. The Hall–Kier alpha value is -2.42. The number of nitrogens with one attached hydrogen (secondary N) is 1. The summed E-state index contributed by atoms with van der Waals surface area (Å²) < 4.78 is 27.4. The van der Waals surface area contributed by atoms with Gasteiger partial charge in [0.1, 0.15) is 0 Å². The van der Waals surface area contributed by atoms with Gasteiger partial charge in [-0.2, -0.15) is 10.2 Å². The number of nitrogens with zero attached hydrogens (tertiary/aromatic N) is 1. The van der Waals surface area contributed by atoms with Crippen LogP contribution in [0.5, 0.6) is 0 Å². The van der Waals surface area contributed by atoms with Crippen LogP contribution in [0.2, 0.25) is 0 Å². The van der Waals surface area contributed by atoms with Crippen LogP contribution in [0.15, 0.2) is 57.7 Å². The Labute approximate surface area is 171 Å². The van der Waals surface area contributed by atoms with E-state index in [9.17, 15) is 13.2 Å². The van der Waals surface area contributed by atoms with E-state index in [2.05, 4.69) is 11.9 Å². The lowest BCUT2D eigenvalue weighted by Gasteiger charge is -2.28. The quantitative estimate of drug-likeness (QED) is 0.532. The van der Waals surface area contributed by atoms with Crippen molar-refractivity contribution in [3.63, 3.8) is 0 Å². The number of hydrogen-bond donors (Lipinski definition) is 2. The van der Waals surface area contributed by atoms with Gasteiger partial charge in [0.05, 0.1) is 10.6 Å². The lowest BCUT2D eigenvalue weighted by atomic mass is 10.0. The van der Waals surface area contributed by atoms with Gasteiger partial charge in [0.25, 0.3) is 0 Å². The summed E-state index contributed by atoms with van der Waals surface area (Å²) in [5.41, 5.74) is 2.28. The van der Waals surface area contributed by atoms with Crippen molar-refractivity contribution in [2.75, 3.05) is 13.1 Å². The number of aryl methyl sites for hydroxylation is 1. The molecular weight excluding hydrogens is 390 g/mol. The van der Waals surface area contributed by atoms with Gasteiger partial charge in [-0.1, -0.05) is 31.5 Å². The second kappa shape index (κ2) is 9.39. The third-order valence-electron chi connectivity index (χ3n) is 5.16. The molecule has 0 atom stereocenters. The Bertz CT molecular complexity index is 1020. The molecule has 0 saturated carbocycles. The number of hydrogen-bond acceptors (Lipinski definition) is 5. The molecule has 0 spiro atoms. The zero-order valence-electron chi connectivity index (χ0n) is 16.6. The van der Waals surface area contributed by atoms with Crippen LogP contribution in [0.25, 0.3) is 5.76 Å². The molecule has 7 nitrogen and oxygen atoms in total. The molecule has 0 radical (unpaired) electrons. The van der Waals surface area contributed by atoms with E-state index in [1.54, 1.807) is 24.3 Å². The van der Waals surface area contributed by atoms with E-state index in [0.29, 0.717) is 42.3 Å². The summed E-state index contributed by atoms with van der Waals surface area (Å²) in [4.78, 5) is 19.6. The van der Waals surface area contributed by atoms with Gasteiger partial charge in [-0.05, 0) is 55.0 Å². The van der Waals surface area contributed by atoms with Crippen LogP contribution in [-0.2, 0) is 21.3 Å². The van der Waals surface area contributed by atoms with Crippen molar-refractivity contribution in [1.82, 2.24) is 9.29 Å². The molecule has 0 aliphatic carbocycles. The molecule has 156 valence electrons. The van der Waals surface area contributed by atoms with Crippen molar-refractivity contribution < 1.29 is 13.3 Å². The molecule has 1 aromatic heterocycles. The number of sulfonamides is 1. The first-order chi connectivity index (χ1) is 14.0. The van der Waals surface area contributed by atoms with Gasteiger partial charge in [0.2, 0.25) is 15.6 Å². The van der Waals surface area contributed by atoms with Crippen LogP contribution >= 0.6 is 0 Å². The van der Waals surface area contributed by atoms with E-state index in [0.717, 1.165) is 30.4 Å². The molecule has 3 rings (SSSR count). The number of aromatic amines is 1. The van der Waals surface area contributed by atoms with Crippen LogP contribution in [0, 0.1) is 0 Å². The van der Waals surface area contributed by atoms with E-state index < -0.39 is 10.0 Å². The Morgan fingerprint density at radius 3 is 2.41 bits per heavy atom. The van der Waals surface area contributed by atoms with Crippen molar-refractivity contribution in [2.24, 2.45) is 5.90 Å². The summed E-state index contributed by atoms with van der Waals surface area (Å²) in [5.74, 6) is 5.84. The number of nitrogens with two attached hydrogens (primary N) is 1. The fourth-order valence-electron chi connectivity index (χ4n) is 3.50. The molecule has 1 saturated heterocycles. The summed E-state index contributed by atoms with van der Waals surface area (Å²) in [6.45, 7) is 2.80. The predicted molar refractivity (Wildman–Crippen MR) is 112 cm³/mol. The number of piperidine rings is 1. The lowest BCUT2D eigenvalue weighted by molar-refractivity contribution is 0.280. The molecule has 1 aromatic carbocycles. The van der Waals surface area contributed by atoms with Gasteiger partial charge in [-0.25, -0.2) is 8.42 Å². The average Bonchev–Trinajstić information content (AvgIpc) is 2.73. The van der Waals surface area contributed by atoms with Crippen molar-refractivity contribution in [1.29, 1.82) is 0 Å². The number of aromatic nitrogens is 1. The van der Waals surface area contributed by atoms with Crippen molar-refractivity contribution in [3.05, 3.63) is 69.6 Å². The SMILES string of the molecule is CCCCc1ccc(S(=O)(=O)N2CCC(=C(ON)c3cccc(=O)[nH]3)CC2)cc1. The number of unbranched alkanes of at least 4 members (excludes halogenated alkanes) is 1. The highest BCUT2D eigenvalue weighted by Crippen LogP contribution is 2.28. The Kier molecular flexibility index (Phi) is 6.89. The molecule has 1 aliphatic rings. The Morgan fingerprint density at radius 1 is 1.14 bits per heavy atom. The molecule has 8 heteroatoms. The highest BCUT2D eigenvalue weighted by atomic mass is 32.2. The third kappa shape index (κ3) is 4.95.